The van der Waals surface area contributed by atoms with Gasteiger partial charge in [0, 0.05) is 19.9 Å². The van der Waals surface area contributed by atoms with E-state index < -0.39 is 6.04 Å². The third-order valence-corrected chi connectivity index (χ3v) is 4.61. The molecule has 0 aliphatic heterocycles. The number of hydrogen-bond donors (Lipinski definition) is 3. The summed E-state index contributed by atoms with van der Waals surface area (Å²) in [7, 11) is 0. The number of para-hydroxylation sites is 2. The van der Waals surface area contributed by atoms with Gasteiger partial charge < -0.3 is 15.6 Å². The molecule has 0 saturated heterocycles. The van der Waals surface area contributed by atoms with Crippen molar-refractivity contribution >= 4 is 22.8 Å². The number of aromatic nitrogens is 2. The number of H-pyrrole nitrogens is 1. The van der Waals surface area contributed by atoms with Crippen LogP contribution in [0.2, 0.25) is 0 Å². The van der Waals surface area contributed by atoms with Crippen molar-refractivity contribution in [1.29, 1.82) is 0 Å². The topological polar surface area (TPSA) is 86.9 Å². The number of nitrogens with zero attached hydrogens (tertiary/aromatic N) is 1. The molecule has 1 aromatic heterocycles. The van der Waals surface area contributed by atoms with Crippen molar-refractivity contribution < 1.29 is 9.59 Å². The highest BCUT2D eigenvalue weighted by molar-refractivity contribution is 5.87. The minimum Gasteiger partial charge on any atom is -0.354 e. The summed E-state index contributed by atoms with van der Waals surface area (Å²) < 4.78 is 0. The molecule has 1 atom stereocenters. The summed E-state index contributed by atoms with van der Waals surface area (Å²) in [6.07, 6.45) is 4.90. The number of carbonyl (C=O) groups is 2. The van der Waals surface area contributed by atoms with Gasteiger partial charge in [0.05, 0.1) is 11.0 Å². The number of benzene rings is 1. The molecule has 2 aromatic rings. The predicted molar refractivity (Wildman–Crippen MR) is 92.4 cm³/mol. The Hall–Kier alpha value is -2.37. The van der Waals surface area contributed by atoms with Crippen molar-refractivity contribution in [3.8, 4) is 0 Å². The highest BCUT2D eigenvalue weighted by Crippen LogP contribution is 2.27. The summed E-state index contributed by atoms with van der Waals surface area (Å²) in [5.41, 5.74) is 1.93. The quantitative estimate of drug-likeness (QED) is 0.757. The molecule has 3 N–H and O–H groups in total. The standard InChI is InChI=1S/C18H24N4O2/c1-12(23)20-17(13-6-2-3-7-13)18(24)19-11-10-16-21-14-8-4-5-9-15(14)22-16/h4-5,8-9,13,17H,2-3,6-7,10-11H2,1H3,(H,19,24)(H,20,23)(H,21,22). The Labute approximate surface area is 141 Å². The van der Waals surface area contributed by atoms with E-state index in [1.807, 2.05) is 24.3 Å². The van der Waals surface area contributed by atoms with Crippen LogP contribution in [0.25, 0.3) is 11.0 Å². The van der Waals surface area contributed by atoms with E-state index in [9.17, 15) is 9.59 Å². The largest absolute Gasteiger partial charge is 0.354 e. The third-order valence-electron chi connectivity index (χ3n) is 4.61. The molecule has 0 spiro atoms. The SMILES string of the molecule is CC(=O)NC(C(=O)NCCc1nc2ccccc2[nH]1)C1CCCC1. The fourth-order valence-electron chi connectivity index (χ4n) is 3.45. The Morgan fingerprint density at radius 2 is 2.04 bits per heavy atom. The van der Waals surface area contributed by atoms with Crippen LogP contribution in [0.3, 0.4) is 0 Å². The van der Waals surface area contributed by atoms with Gasteiger partial charge in [-0.25, -0.2) is 4.98 Å². The molecule has 1 fully saturated rings. The van der Waals surface area contributed by atoms with Crippen LogP contribution in [0, 0.1) is 5.92 Å². The second-order valence-electron chi connectivity index (χ2n) is 6.46. The first-order chi connectivity index (χ1) is 11.6. The molecular formula is C18H24N4O2. The predicted octanol–water partition coefficient (Wildman–Crippen LogP) is 1.92. The lowest BCUT2D eigenvalue weighted by Gasteiger charge is -2.23. The van der Waals surface area contributed by atoms with Gasteiger partial charge >= 0.3 is 0 Å². The minimum absolute atomic E-state index is 0.0896. The van der Waals surface area contributed by atoms with Gasteiger partial charge in [-0.05, 0) is 30.9 Å². The number of fused-ring (bicyclic) bond motifs is 1. The summed E-state index contributed by atoms with van der Waals surface area (Å²) in [5.74, 6) is 0.862. The van der Waals surface area contributed by atoms with Crippen LogP contribution in [0.15, 0.2) is 24.3 Å². The molecule has 0 radical (unpaired) electrons. The molecule has 6 heteroatoms. The first-order valence-corrected chi connectivity index (χ1v) is 8.62. The maximum absolute atomic E-state index is 12.5. The number of nitrogens with one attached hydrogen (secondary N) is 3. The first kappa shape index (κ1) is 16.5. The van der Waals surface area contributed by atoms with Crippen molar-refractivity contribution in [2.75, 3.05) is 6.54 Å². The van der Waals surface area contributed by atoms with E-state index in [2.05, 4.69) is 20.6 Å². The van der Waals surface area contributed by atoms with Gasteiger partial charge in [0.25, 0.3) is 0 Å². The normalized spacial score (nSPS) is 16.2. The van der Waals surface area contributed by atoms with Gasteiger partial charge in [0.2, 0.25) is 11.8 Å². The number of imidazole rings is 1. The fraction of sp³-hybridized carbons (Fsp3) is 0.500. The van der Waals surface area contributed by atoms with Crippen LogP contribution in [-0.4, -0.2) is 34.4 Å². The van der Waals surface area contributed by atoms with Gasteiger partial charge in [0.1, 0.15) is 11.9 Å². The smallest absolute Gasteiger partial charge is 0.242 e. The molecule has 24 heavy (non-hydrogen) atoms. The molecule has 1 unspecified atom stereocenters. The monoisotopic (exact) mass is 328 g/mol. The highest BCUT2D eigenvalue weighted by atomic mass is 16.2. The van der Waals surface area contributed by atoms with E-state index in [1.54, 1.807) is 0 Å². The molecular weight excluding hydrogens is 304 g/mol. The molecule has 1 heterocycles. The van der Waals surface area contributed by atoms with Crippen molar-refractivity contribution in [2.24, 2.45) is 5.92 Å². The van der Waals surface area contributed by atoms with Gasteiger partial charge in [-0.2, -0.15) is 0 Å². The fourth-order valence-corrected chi connectivity index (χ4v) is 3.45. The Kier molecular flexibility index (Phi) is 5.13. The lowest BCUT2D eigenvalue weighted by Crippen LogP contribution is -2.50. The van der Waals surface area contributed by atoms with Crippen LogP contribution in [-0.2, 0) is 16.0 Å². The maximum atomic E-state index is 12.5. The van der Waals surface area contributed by atoms with Crippen molar-refractivity contribution in [3.05, 3.63) is 30.1 Å². The van der Waals surface area contributed by atoms with Crippen molar-refractivity contribution in [2.45, 2.75) is 45.1 Å². The lowest BCUT2D eigenvalue weighted by molar-refractivity contribution is -0.129. The average Bonchev–Trinajstić information content (AvgIpc) is 3.21. The molecule has 6 nitrogen and oxygen atoms in total. The second kappa shape index (κ2) is 7.47. The maximum Gasteiger partial charge on any atom is 0.242 e. The number of aromatic amines is 1. The molecule has 128 valence electrons. The Balaban J connectivity index is 1.55. The number of rotatable bonds is 6. The van der Waals surface area contributed by atoms with Crippen LogP contribution in [0.1, 0.15) is 38.4 Å². The second-order valence-corrected chi connectivity index (χ2v) is 6.46. The van der Waals surface area contributed by atoms with Crippen molar-refractivity contribution in [1.82, 2.24) is 20.6 Å². The Bertz CT molecular complexity index is 686. The molecule has 2 amide bonds. The molecule has 1 aliphatic carbocycles. The van der Waals surface area contributed by atoms with Crippen LogP contribution in [0.5, 0.6) is 0 Å². The Morgan fingerprint density at radius 1 is 1.29 bits per heavy atom. The Morgan fingerprint density at radius 3 is 2.75 bits per heavy atom. The van der Waals surface area contributed by atoms with Crippen LogP contribution in [0.4, 0.5) is 0 Å². The summed E-state index contributed by atoms with van der Waals surface area (Å²) in [4.78, 5) is 31.6. The van der Waals surface area contributed by atoms with E-state index in [1.165, 1.54) is 6.92 Å². The highest BCUT2D eigenvalue weighted by Gasteiger charge is 2.31. The molecule has 3 rings (SSSR count). The molecule has 0 bridgehead atoms. The van der Waals surface area contributed by atoms with Gasteiger partial charge in [0.15, 0.2) is 0 Å². The number of amides is 2. The van der Waals surface area contributed by atoms with Gasteiger partial charge in [-0.1, -0.05) is 25.0 Å². The van der Waals surface area contributed by atoms with Crippen LogP contribution < -0.4 is 10.6 Å². The van der Waals surface area contributed by atoms with Crippen molar-refractivity contribution in [3.63, 3.8) is 0 Å². The summed E-state index contributed by atoms with van der Waals surface area (Å²) in [6, 6.07) is 7.44. The van der Waals surface area contributed by atoms with E-state index >= 15 is 0 Å². The number of carbonyl (C=O) groups excluding carboxylic acids is 2. The summed E-state index contributed by atoms with van der Waals surface area (Å²) >= 11 is 0. The molecule has 1 aliphatic rings. The molecule has 1 saturated carbocycles. The summed E-state index contributed by atoms with van der Waals surface area (Å²) in [5, 5.41) is 5.76. The van der Waals surface area contributed by atoms with Crippen LogP contribution >= 0.6 is 0 Å². The number of hydrogen-bond acceptors (Lipinski definition) is 3. The minimum atomic E-state index is -0.416. The van der Waals surface area contributed by atoms with Gasteiger partial charge in [-0.15, -0.1) is 0 Å². The van der Waals surface area contributed by atoms with Gasteiger partial charge in [-0.3, -0.25) is 9.59 Å². The van der Waals surface area contributed by atoms with E-state index in [0.29, 0.717) is 13.0 Å². The van der Waals surface area contributed by atoms with E-state index in [-0.39, 0.29) is 17.7 Å². The molecule has 1 aromatic carbocycles. The zero-order chi connectivity index (χ0) is 16.9. The lowest BCUT2D eigenvalue weighted by atomic mass is 9.97. The summed E-state index contributed by atoms with van der Waals surface area (Å²) in [6.45, 7) is 1.96. The zero-order valence-corrected chi connectivity index (χ0v) is 14.0. The van der Waals surface area contributed by atoms with E-state index in [0.717, 1.165) is 42.5 Å². The third kappa shape index (κ3) is 3.93. The first-order valence-electron chi connectivity index (χ1n) is 8.62. The zero-order valence-electron chi connectivity index (χ0n) is 14.0. The van der Waals surface area contributed by atoms with E-state index in [4.69, 9.17) is 0 Å². The average molecular weight is 328 g/mol.